The summed E-state index contributed by atoms with van der Waals surface area (Å²) in [7, 11) is -1.96. The number of hydrogen-bond donors (Lipinski definition) is 0. The molecule has 1 fully saturated rings. The van der Waals surface area contributed by atoms with Gasteiger partial charge in [0, 0.05) is 37.1 Å². The topological polar surface area (TPSA) is 62.7 Å². The van der Waals surface area contributed by atoms with E-state index < -0.39 is 10.0 Å². The molecule has 0 N–H and O–H groups in total. The summed E-state index contributed by atoms with van der Waals surface area (Å²) < 4.78 is 32.6. The Bertz CT molecular complexity index is 1110. The van der Waals surface area contributed by atoms with Gasteiger partial charge in [-0.25, -0.2) is 13.4 Å². The van der Waals surface area contributed by atoms with Crippen molar-refractivity contribution in [2.45, 2.75) is 4.90 Å². The van der Waals surface area contributed by atoms with Crippen molar-refractivity contribution in [3.05, 3.63) is 58.9 Å². The molecule has 1 aliphatic rings. The number of nitrogens with zero attached hydrogens (tertiary/aromatic N) is 3. The van der Waals surface area contributed by atoms with E-state index in [0.717, 1.165) is 22.1 Å². The molecule has 1 saturated heterocycles. The zero-order valence-electron chi connectivity index (χ0n) is 15.8. The second kappa shape index (κ2) is 8.31. The zero-order chi connectivity index (χ0) is 20.4. The third-order valence-electron chi connectivity index (χ3n) is 4.82. The summed E-state index contributed by atoms with van der Waals surface area (Å²) >= 11 is 7.66. The SMILES string of the molecule is COc1cccc(-c2csc(N3CCN(S(=O)(=O)c4ccccc4Cl)CC3)n2)c1. The molecule has 2 heterocycles. The molecule has 4 rings (SSSR count). The fourth-order valence-electron chi connectivity index (χ4n) is 3.24. The Balaban J connectivity index is 1.46. The minimum Gasteiger partial charge on any atom is -0.497 e. The van der Waals surface area contributed by atoms with E-state index in [0.29, 0.717) is 26.2 Å². The van der Waals surface area contributed by atoms with Gasteiger partial charge in [0.05, 0.1) is 17.8 Å². The molecular weight excluding hydrogens is 430 g/mol. The number of benzene rings is 2. The van der Waals surface area contributed by atoms with Crippen LogP contribution in [0.1, 0.15) is 0 Å². The van der Waals surface area contributed by atoms with E-state index >= 15 is 0 Å². The lowest BCUT2D eigenvalue weighted by Crippen LogP contribution is -2.48. The minimum atomic E-state index is -3.60. The average molecular weight is 450 g/mol. The summed E-state index contributed by atoms with van der Waals surface area (Å²) in [5.41, 5.74) is 1.88. The number of anilines is 1. The number of rotatable bonds is 5. The first kappa shape index (κ1) is 20.2. The number of sulfonamides is 1. The van der Waals surface area contributed by atoms with E-state index in [2.05, 4.69) is 4.90 Å². The Labute approximate surface area is 179 Å². The van der Waals surface area contributed by atoms with Crippen LogP contribution in [0.2, 0.25) is 5.02 Å². The Morgan fingerprint density at radius 2 is 1.83 bits per heavy atom. The Morgan fingerprint density at radius 3 is 2.55 bits per heavy atom. The van der Waals surface area contributed by atoms with Gasteiger partial charge in [0.2, 0.25) is 10.0 Å². The van der Waals surface area contributed by atoms with E-state index in [1.807, 2.05) is 29.6 Å². The standard InChI is InChI=1S/C20H20ClN3O3S2/c1-27-16-6-4-5-15(13-16)18-14-28-20(22-18)23-9-11-24(12-10-23)29(25,26)19-8-3-2-7-17(19)21/h2-8,13-14H,9-12H2,1H3. The molecule has 0 spiro atoms. The number of aromatic nitrogens is 1. The van der Waals surface area contributed by atoms with Gasteiger partial charge in [0.25, 0.3) is 0 Å². The number of methoxy groups -OCH3 is 1. The monoisotopic (exact) mass is 449 g/mol. The first-order chi connectivity index (χ1) is 14.0. The van der Waals surface area contributed by atoms with Gasteiger partial charge in [-0.05, 0) is 24.3 Å². The first-order valence-electron chi connectivity index (χ1n) is 9.08. The van der Waals surface area contributed by atoms with Crippen molar-refractivity contribution in [3.63, 3.8) is 0 Å². The predicted molar refractivity (Wildman–Crippen MR) is 117 cm³/mol. The van der Waals surface area contributed by atoms with E-state index in [1.165, 1.54) is 4.31 Å². The lowest BCUT2D eigenvalue weighted by atomic mass is 10.2. The van der Waals surface area contributed by atoms with Crippen LogP contribution < -0.4 is 9.64 Å². The maximum absolute atomic E-state index is 12.9. The maximum Gasteiger partial charge on any atom is 0.244 e. The van der Waals surface area contributed by atoms with Crippen LogP contribution in [-0.4, -0.2) is 51.0 Å². The highest BCUT2D eigenvalue weighted by atomic mass is 35.5. The molecule has 0 atom stereocenters. The average Bonchev–Trinajstić information content (AvgIpc) is 3.24. The van der Waals surface area contributed by atoms with Gasteiger partial charge in [0.15, 0.2) is 5.13 Å². The molecule has 0 bridgehead atoms. The van der Waals surface area contributed by atoms with Crippen LogP contribution in [0.3, 0.4) is 0 Å². The van der Waals surface area contributed by atoms with Gasteiger partial charge in [-0.2, -0.15) is 4.31 Å². The van der Waals surface area contributed by atoms with Crippen molar-refractivity contribution in [2.24, 2.45) is 0 Å². The molecule has 152 valence electrons. The van der Waals surface area contributed by atoms with Crippen LogP contribution in [0.5, 0.6) is 5.75 Å². The Morgan fingerprint density at radius 1 is 1.07 bits per heavy atom. The van der Waals surface area contributed by atoms with Gasteiger partial charge in [-0.1, -0.05) is 35.9 Å². The highest BCUT2D eigenvalue weighted by Gasteiger charge is 2.30. The highest BCUT2D eigenvalue weighted by molar-refractivity contribution is 7.89. The highest BCUT2D eigenvalue weighted by Crippen LogP contribution is 2.31. The zero-order valence-corrected chi connectivity index (χ0v) is 18.2. The minimum absolute atomic E-state index is 0.157. The Hall–Kier alpha value is -2.13. The van der Waals surface area contributed by atoms with Crippen molar-refractivity contribution in [2.75, 3.05) is 38.2 Å². The molecule has 1 aliphatic heterocycles. The lowest BCUT2D eigenvalue weighted by molar-refractivity contribution is 0.385. The number of hydrogen-bond acceptors (Lipinski definition) is 6. The smallest absolute Gasteiger partial charge is 0.244 e. The third-order valence-corrected chi connectivity index (χ3v) is 8.12. The predicted octanol–water partition coefficient (Wildman–Crippen LogP) is 3.98. The molecule has 29 heavy (non-hydrogen) atoms. The number of piperazine rings is 1. The van der Waals surface area contributed by atoms with Crippen molar-refractivity contribution in [1.29, 1.82) is 0 Å². The maximum atomic E-state index is 12.9. The van der Waals surface area contributed by atoms with Crippen LogP contribution in [0, 0.1) is 0 Å². The molecule has 0 unspecified atom stereocenters. The molecule has 2 aromatic carbocycles. The molecule has 6 nitrogen and oxygen atoms in total. The largest absolute Gasteiger partial charge is 0.497 e. The second-order valence-corrected chi connectivity index (χ2v) is 9.72. The van der Waals surface area contributed by atoms with E-state index in [-0.39, 0.29) is 9.92 Å². The molecule has 9 heteroatoms. The number of ether oxygens (including phenoxy) is 1. The van der Waals surface area contributed by atoms with Gasteiger partial charge < -0.3 is 9.64 Å². The normalized spacial score (nSPS) is 15.4. The third kappa shape index (κ3) is 4.11. The summed E-state index contributed by atoms with van der Waals surface area (Å²) in [6, 6.07) is 14.3. The molecule has 3 aromatic rings. The van der Waals surface area contributed by atoms with Crippen molar-refractivity contribution in [3.8, 4) is 17.0 Å². The van der Waals surface area contributed by atoms with Crippen LogP contribution in [0.15, 0.2) is 58.8 Å². The molecule has 1 aromatic heterocycles. The van der Waals surface area contributed by atoms with Crippen molar-refractivity contribution >= 4 is 38.1 Å². The summed E-state index contributed by atoms with van der Waals surface area (Å²) in [4.78, 5) is 7.01. The molecule has 0 radical (unpaired) electrons. The summed E-state index contributed by atoms with van der Waals surface area (Å²) in [5, 5.41) is 3.15. The molecular formula is C20H20ClN3O3S2. The van der Waals surface area contributed by atoms with Crippen LogP contribution in [0.4, 0.5) is 5.13 Å². The lowest BCUT2D eigenvalue weighted by Gasteiger charge is -2.33. The van der Waals surface area contributed by atoms with Crippen LogP contribution in [0.25, 0.3) is 11.3 Å². The quantitative estimate of drug-likeness (QED) is 0.589. The van der Waals surface area contributed by atoms with Crippen LogP contribution in [-0.2, 0) is 10.0 Å². The molecule has 0 saturated carbocycles. The fraction of sp³-hybridized carbons (Fsp3) is 0.250. The summed E-state index contributed by atoms with van der Waals surface area (Å²) in [6.45, 7) is 1.94. The van der Waals surface area contributed by atoms with Gasteiger partial charge in [-0.15, -0.1) is 11.3 Å². The van der Waals surface area contributed by atoms with Gasteiger partial charge in [-0.3, -0.25) is 0 Å². The molecule has 0 aliphatic carbocycles. The fourth-order valence-corrected chi connectivity index (χ4v) is 6.04. The Kier molecular flexibility index (Phi) is 5.78. The number of halogens is 1. The summed E-state index contributed by atoms with van der Waals surface area (Å²) in [6.07, 6.45) is 0. The van der Waals surface area contributed by atoms with Gasteiger partial charge >= 0.3 is 0 Å². The van der Waals surface area contributed by atoms with E-state index in [4.69, 9.17) is 21.3 Å². The summed E-state index contributed by atoms with van der Waals surface area (Å²) in [5.74, 6) is 0.787. The van der Waals surface area contributed by atoms with Gasteiger partial charge in [0.1, 0.15) is 10.6 Å². The van der Waals surface area contributed by atoms with E-state index in [1.54, 1.807) is 42.7 Å². The van der Waals surface area contributed by atoms with E-state index in [9.17, 15) is 8.42 Å². The molecule has 0 amide bonds. The van der Waals surface area contributed by atoms with Crippen molar-refractivity contribution in [1.82, 2.24) is 9.29 Å². The first-order valence-corrected chi connectivity index (χ1v) is 11.8. The number of thiazole rings is 1. The van der Waals surface area contributed by atoms with Crippen LogP contribution >= 0.6 is 22.9 Å². The second-order valence-electron chi connectivity index (χ2n) is 6.57. The van der Waals surface area contributed by atoms with Crippen molar-refractivity contribution < 1.29 is 13.2 Å².